The van der Waals surface area contributed by atoms with Crippen molar-refractivity contribution < 1.29 is 5.11 Å². The van der Waals surface area contributed by atoms with Crippen molar-refractivity contribution in [2.45, 2.75) is 51.6 Å². The van der Waals surface area contributed by atoms with E-state index in [1.165, 1.54) is 24.0 Å². The predicted molar refractivity (Wildman–Crippen MR) is 66.7 cm³/mol. The van der Waals surface area contributed by atoms with Crippen LogP contribution in [0, 0.1) is 0 Å². The smallest absolute Gasteiger partial charge is 0.115 e. The van der Waals surface area contributed by atoms with E-state index in [4.69, 9.17) is 0 Å². The molecule has 1 aliphatic carbocycles. The lowest BCUT2D eigenvalue weighted by Gasteiger charge is -2.21. The summed E-state index contributed by atoms with van der Waals surface area (Å²) >= 11 is 0. The molecule has 1 atom stereocenters. The summed E-state index contributed by atoms with van der Waals surface area (Å²) in [5, 5.41) is 13.1. The zero-order valence-corrected chi connectivity index (χ0v) is 10.2. The summed E-state index contributed by atoms with van der Waals surface area (Å²) < 4.78 is 0. The van der Waals surface area contributed by atoms with Crippen LogP contribution in [-0.4, -0.2) is 11.1 Å². The molecule has 2 rings (SSSR count). The Morgan fingerprint density at radius 3 is 2.81 bits per heavy atom. The molecule has 16 heavy (non-hydrogen) atoms. The van der Waals surface area contributed by atoms with Gasteiger partial charge >= 0.3 is 0 Å². The van der Waals surface area contributed by atoms with Gasteiger partial charge in [-0.25, -0.2) is 0 Å². The van der Waals surface area contributed by atoms with Gasteiger partial charge in [0.1, 0.15) is 5.75 Å². The molecule has 1 aromatic rings. The average Bonchev–Trinajstić information content (AvgIpc) is 2.68. The lowest BCUT2D eigenvalue weighted by molar-refractivity contribution is 0.413. The molecule has 0 saturated heterocycles. The monoisotopic (exact) mass is 219 g/mol. The molecule has 2 heteroatoms. The number of aryl methyl sites for hydroxylation is 1. The Morgan fingerprint density at radius 1 is 1.38 bits per heavy atom. The fourth-order valence-electron chi connectivity index (χ4n) is 2.59. The van der Waals surface area contributed by atoms with E-state index in [0.717, 1.165) is 12.8 Å². The van der Waals surface area contributed by atoms with Crippen molar-refractivity contribution in [1.82, 2.24) is 5.32 Å². The van der Waals surface area contributed by atoms with E-state index < -0.39 is 0 Å². The van der Waals surface area contributed by atoms with Crippen LogP contribution in [0.15, 0.2) is 18.2 Å². The van der Waals surface area contributed by atoms with Crippen LogP contribution in [0.4, 0.5) is 0 Å². The van der Waals surface area contributed by atoms with Crippen LogP contribution in [0.25, 0.3) is 0 Å². The molecule has 88 valence electrons. The number of nitrogens with one attached hydrogen (secondary N) is 1. The summed E-state index contributed by atoms with van der Waals surface area (Å²) in [6, 6.07) is 6.87. The second kappa shape index (κ2) is 4.88. The third-order valence-corrected chi connectivity index (χ3v) is 3.63. The maximum absolute atomic E-state index is 9.44. The van der Waals surface area contributed by atoms with Crippen molar-refractivity contribution in [3.63, 3.8) is 0 Å². The molecule has 1 aromatic carbocycles. The van der Waals surface area contributed by atoms with Gasteiger partial charge in [0.15, 0.2) is 0 Å². The van der Waals surface area contributed by atoms with Crippen LogP contribution in [0.1, 0.15) is 50.3 Å². The zero-order valence-electron chi connectivity index (χ0n) is 10.2. The van der Waals surface area contributed by atoms with Crippen LogP contribution < -0.4 is 5.32 Å². The van der Waals surface area contributed by atoms with Crippen molar-refractivity contribution in [3.8, 4) is 5.75 Å². The largest absolute Gasteiger partial charge is 0.508 e. The first-order chi connectivity index (χ1) is 7.74. The molecular weight excluding hydrogens is 198 g/mol. The third kappa shape index (κ3) is 2.22. The molecule has 0 fully saturated rings. The van der Waals surface area contributed by atoms with Crippen LogP contribution >= 0.6 is 0 Å². The highest BCUT2D eigenvalue weighted by Gasteiger charge is 2.23. The Morgan fingerprint density at radius 2 is 2.12 bits per heavy atom. The number of phenolic OH excluding ortho intramolecular Hbond substituents is 1. The fraction of sp³-hybridized carbons (Fsp3) is 0.571. The predicted octanol–water partition coefficient (Wildman–Crippen LogP) is 3.16. The molecule has 0 aromatic heterocycles. The summed E-state index contributed by atoms with van der Waals surface area (Å²) in [5.41, 5.74) is 2.69. The minimum Gasteiger partial charge on any atom is -0.508 e. The van der Waals surface area contributed by atoms with Crippen LogP contribution in [-0.2, 0) is 6.42 Å². The van der Waals surface area contributed by atoms with E-state index in [9.17, 15) is 5.11 Å². The second-order valence-electron chi connectivity index (χ2n) is 4.65. The number of aromatic hydroxyl groups is 1. The third-order valence-electron chi connectivity index (χ3n) is 3.63. The van der Waals surface area contributed by atoms with Gasteiger partial charge < -0.3 is 10.4 Å². The van der Waals surface area contributed by atoms with E-state index in [2.05, 4.69) is 25.2 Å². The number of hydrogen-bond donors (Lipinski definition) is 2. The number of rotatable bonds is 4. The standard InChI is InChI=1S/C14H21NO/c1-3-11(4-2)15-14-8-5-10-9-12(16)6-7-13(10)14/h6-7,9,11,14-16H,3-5,8H2,1-2H3. The Kier molecular flexibility index (Phi) is 3.49. The SMILES string of the molecule is CCC(CC)NC1CCc2cc(O)ccc21. The highest BCUT2D eigenvalue weighted by Crippen LogP contribution is 2.33. The first-order valence-corrected chi connectivity index (χ1v) is 6.32. The van der Waals surface area contributed by atoms with Gasteiger partial charge in [0.05, 0.1) is 0 Å². The van der Waals surface area contributed by atoms with Gasteiger partial charge in [-0.15, -0.1) is 0 Å². The van der Waals surface area contributed by atoms with Crippen molar-refractivity contribution in [3.05, 3.63) is 29.3 Å². The Bertz CT molecular complexity index is 358. The van der Waals surface area contributed by atoms with Crippen molar-refractivity contribution in [2.24, 2.45) is 0 Å². The summed E-state index contributed by atoms with van der Waals surface area (Å²) in [4.78, 5) is 0. The number of hydrogen-bond acceptors (Lipinski definition) is 2. The lowest BCUT2D eigenvalue weighted by Crippen LogP contribution is -2.30. The van der Waals surface area contributed by atoms with Gasteiger partial charge in [-0.1, -0.05) is 19.9 Å². The Balaban J connectivity index is 2.11. The summed E-state index contributed by atoms with van der Waals surface area (Å²) in [5.74, 6) is 0.391. The van der Waals surface area contributed by atoms with Gasteiger partial charge in [0, 0.05) is 12.1 Å². The van der Waals surface area contributed by atoms with Crippen LogP contribution in [0.3, 0.4) is 0 Å². The first kappa shape index (κ1) is 11.5. The van der Waals surface area contributed by atoms with Gasteiger partial charge in [0.2, 0.25) is 0 Å². The van der Waals surface area contributed by atoms with Gasteiger partial charge in [0.25, 0.3) is 0 Å². The minimum absolute atomic E-state index is 0.391. The van der Waals surface area contributed by atoms with E-state index in [1.54, 1.807) is 6.07 Å². The van der Waals surface area contributed by atoms with Crippen LogP contribution in [0.5, 0.6) is 5.75 Å². The topological polar surface area (TPSA) is 32.3 Å². The van der Waals surface area contributed by atoms with Gasteiger partial charge in [-0.05, 0) is 48.9 Å². The maximum atomic E-state index is 9.44. The highest BCUT2D eigenvalue weighted by atomic mass is 16.3. The first-order valence-electron chi connectivity index (χ1n) is 6.32. The second-order valence-corrected chi connectivity index (χ2v) is 4.65. The summed E-state index contributed by atoms with van der Waals surface area (Å²) in [7, 11) is 0. The van der Waals surface area contributed by atoms with Crippen LogP contribution in [0.2, 0.25) is 0 Å². The molecule has 0 aliphatic heterocycles. The van der Waals surface area contributed by atoms with Gasteiger partial charge in [-0.2, -0.15) is 0 Å². The quantitative estimate of drug-likeness (QED) is 0.815. The number of benzene rings is 1. The molecule has 1 unspecified atom stereocenters. The average molecular weight is 219 g/mol. The molecule has 0 spiro atoms. The molecule has 0 saturated carbocycles. The fourth-order valence-corrected chi connectivity index (χ4v) is 2.59. The Hall–Kier alpha value is -1.02. The van der Waals surface area contributed by atoms with E-state index in [-0.39, 0.29) is 0 Å². The normalized spacial score (nSPS) is 19.1. The summed E-state index contributed by atoms with van der Waals surface area (Å²) in [6.07, 6.45) is 4.61. The maximum Gasteiger partial charge on any atom is 0.115 e. The van der Waals surface area contributed by atoms with E-state index in [0.29, 0.717) is 17.8 Å². The van der Waals surface area contributed by atoms with E-state index >= 15 is 0 Å². The molecule has 2 nitrogen and oxygen atoms in total. The molecule has 0 bridgehead atoms. The summed E-state index contributed by atoms with van der Waals surface area (Å²) in [6.45, 7) is 4.46. The molecule has 1 aliphatic rings. The van der Waals surface area contributed by atoms with Crippen molar-refractivity contribution in [2.75, 3.05) is 0 Å². The molecule has 2 N–H and O–H groups in total. The number of fused-ring (bicyclic) bond motifs is 1. The molecule has 0 amide bonds. The van der Waals surface area contributed by atoms with E-state index in [1.807, 2.05) is 6.07 Å². The van der Waals surface area contributed by atoms with Crippen molar-refractivity contribution >= 4 is 0 Å². The lowest BCUT2D eigenvalue weighted by atomic mass is 10.1. The van der Waals surface area contributed by atoms with Gasteiger partial charge in [-0.3, -0.25) is 0 Å². The molecule has 0 heterocycles. The molecular formula is C14H21NO. The zero-order chi connectivity index (χ0) is 11.5. The molecule has 0 radical (unpaired) electrons. The Labute approximate surface area is 97.7 Å². The highest BCUT2D eigenvalue weighted by molar-refractivity contribution is 5.40. The number of phenols is 1. The minimum atomic E-state index is 0.391. The van der Waals surface area contributed by atoms with Crippen molar-refractivity contribution in [1.29, 1.82) is 0 Å².